The maximum absolute atomic E-state index is 15.1. The van der Waals surface area contributed by atoms with E-state index in [4.69, 9.17) is 21.1 Å². The number of hydrogen-bond acceptors (Lipinski definition) is 5. The molecule has 0 radical (unpaired) electrons. The van der Waals surface area contributed by atoms with Gasteiger partial charge in [-0.3, -0.25) is 0 Å². The number of carboxylic acids is 1. The Kier molecular flexibility index (Phi) is 5.94. The van der Waals surface area contributed by atoms with Crippen LogP contribution >= 0.6 is 22.9 Å². The van der Waals surface area contributed by atoms with Gasteiger partial charge < -0.3 is 14.6 Å². The predicted octanol–water partition coefficient (Wildman–Crippen LogP) is 6.64. The van der Waals surface area contributed by atoms with Crippen molar-refractivity contribution in [3.05, 3.63) is 44.7 Å². The molecule has 0 bridgehead atoms. The quantitative estimate of drug-likeness (QED) is 0.456. The van der Waals surface area contributed by atoms with Crippen molar-refractivity contribution in [3.63, 3.8) is 0 Å². The number of pyridine rings is 1. The molecule has 0 unspecified atom stereocenters. The molecule has 1 aliphatic heterocycles. The lowest BCUT2D eigenvalue weighted by molar-refractivity contribution is -0.160. The first-order valence-electron chi connectivity index (χ1n) is 10.4. The number of carbonyl (C=O) groups is 1. The normalized spacial score (nSPS) is 14.8. The topological polar surface area (TPSA) is 68.7 Å². The number of benzene rings is 1. The van der Waals surface area contributed by atoms with Crippen molar-refractivity contribution in [3.8, 4) is 16.9 Å². The van der Waals surface area contributed by atoms with E-state index < -0.39 is 23.5 Å². The summed E-state index contributed by atoms with van der Waals surface area (Å²) in [6.07, 6.45) is 0.0225. The van der Waals surface area contributed by atoms with Gasteiger partial charge in [-0.25, -0.2) is 14.2 Å². The van der Waals surface area contributed by atoms with Crippen molar-refractivity contribution in [1.29, 1.82) is 0 Å². The Morgan fingerprint density at radius 2 is 2.06 bits per heavy atom. The summed E-state index contributed by atoms with van der Waals surface area (Å²) in [5.74, 6) is -1.48. The maximum atomic E-state index is 15.1. The number of ether oxygens (including phenoxy) is 2. The molecule has 0 amide bonds. The van der Waals surface area contributed by atoms with Crippen LogP contribution in [0, 0.1) is 19.7 Å². The zero-order chi connectivity index (χ0) is 23.4. The molecule has 1 aromatic carbocycles. The summed E-state index contributed by atoms with van der Waals surface area (Å²) in [6, 6.07) is 3.28. The summed E-state index contributed by atoms with van der Waals surface area (Å²) < 4.78 is 26.6. The van der Waals surface area contributed by atoms with E-state index in [9.17, 15) is 9.90 Å². The highest BCUT2D eigenvalue weighted by Crippen LogP contribution is 2.47. The molecule has 0 spiro atoms. The van der Waals surface area contributed by atoms with Crippen molar-refractivity contribution in [2.45, 2.75) is 59.2 Å². The molecular formula is C24H25ClFNO4S. The van der Waals surface area contributed by atoms with Gasteiger partial charge in [0.25, 0.3) is 0 Å². The van der Waals surface area contributed by atoms with E-state index in [2.05, 4.69) is 4.98 Å². The van der Waals surface area contributed by atoms with Crippen molar-refractivity contribution >= 4 is 39.1 Å². The third kappa shape index (κ3) is 4.09. The molecule has 3 heterocycles. The highest BCUT2D eigenvalue weighted by atomic mass is 35.5. The van der Waals surface area contributed by atoms with Crippen LogP contribution in [0.15, 0.2) is 12.1 Å². The predicted molar refractivity (Wildman–Crippen MR) is 125 cm³/mol. The zero-order valence-corrected chi connectivity index (χ0v) is 20.2. The number of thiophene rings is 1. The fraction of sp³-hybridized carbons (Fsp3) is 0.417. The largest absolute Gasteiger partial charge is 0.490 e. The molecule has 5 nitrogen and oxygen atoms in total. The SMILES string of the molecule is Cc1cc2c(-c3cc(F)c4c(c3Cl)CCCO4)c([C@H](OC(C)(C)C)C(=O)O)c(C)nc2s1. The molecule has 1 N–H and O–H groups in total. The van der Waals surface area contributed by atoms with Gasteiger partial charge in [0.1, 0.15) is 4.83 Å². The van der Waals surface area contributed by atoms with Crippen LogP contribution in [0.2, 0.25) is 5.02 Å². The number of rotatable bonds is 4. The second kappa shape index (κ2) is 8.28. The summed E-state index contributed by atoms with van der Waals surface area (Å²) in [5.41, 5.74) is 1.75. The average Bonchev–Trinajstić information content (AvgIpc) is 3.07. The van der Waals surface area contributed by atoms with Gasteiger partial charge in [0.15, 0.2) is 17.7 Å². The standard InChI is InChI=1S/C24H25ClFNO4S/c1-11-9-15-18(14-10-16(26)20-13(19(14)25)7-6-8-30-20)17(12(2)27-22(15)32-11)21(23(28)29)31-24(3,4)5/h9-10,21H,6-8H2,1-5H3,(H,28,29)/t21-/m0/s1. The van der Waals surface area contributed by atoms with Crippen LogP contribution < -0.4 is 4.74 Å². The number of fused-ring (bicyclic) bond motifs is 2. The molecule has 4 rings (SSSR count). The number of halogens is 2. The number of aryl methyl sites for hydroxylation is 2. The number of aromatic nitrogens is 1. The van der Waals surface area contributed by atoms with Crippen LogP contribution in [0.4, 0.5) is 4.39 Å². The molecule has 32 heavy (non-hydrogen) atoms. The van der Waals surface area contributed by atoms with E-state index in [1.807, 2.05) is 13.0 Å². The van der Waals surface area contributed by atoms with Gasteiger partial charge >= 0.3 is 5.97 Å². The van der Waals surface area contributed by atoms with E-state index in [1.54, 1.807) is 27.7 Å². The van der Waals surface area contributed by atoms with E-state index in [0.29, 0.717) is 46.0 Å². The fourth-order valence-electron chi connectivity index (χ4n) is 4.15. The van der Waals surface area contributed by atoms with Gasteiger partial charge in [0.05, 0.1) is 17.2 Å². The summed E-state index contributed by atoms with van der Waals surface area (Å²) >= 11 is 8.33. The monoisotopic (exact) mass is 477 g/mol. The lowest BCUT2D eigenvalue weighted by Crippen LogP contribution is -2.28. The van der Waals surface area contributed by atoms with Crippen LogP contribution in [-0.2, 0) is 16.0 Å². The van der Waals surface area contributed by atoms with Crippen molar-refractivity contribution in [2.24, 2.45) is 0 Å². The van der Waals surface area contributed by atoms with Crippen LogP contribution in [0.25, 0.3) is 21.3 Å². The first-order valence-corrected chi connectivity index (χ1v) is 11.6. The fourth-order valence-corrected chi connectivity index (χ4v) is 5.41. The van der Waals surface area contributed by atoms with E-state index in [0.717, 1.165) is 21.5 Å². The minimum absolute atomic E-state index is 0.177. The number of aliphatic carboxylic acids is 1. The number of carboxylic acid groups (broad SMARTS) is 1. The molecule has 3 aromatic rings. The Morgan fingerprint density at radius 3 is 2.72 bits per heavy atom. The number of hydrogen-bond donors (Lipinski definition) is 1. The molecule has 170 valence electrons. The van der Waals surface area contributed by atoms with Crippen LogP contribution in [0.3, 0.4) is 0 Å². The van der Waals surface area contributed by atoms with Gasteiger partial charge in [-0.15, -0.1) is 11.3 Å². The third-order valence-electron chi connectivity index (χ3n) is 5.34. The second-order valence-electron chi connectivity index (χ2n) is 8.99. The lowest BCUT2D eigenvalue weighted by atomic mass is 9.90. The van der Waals surface area contributed by atoms with Gasteiger partial charge in [-0.2, -0.15) is 0 Å². The smallest absolute Gasteiger partial charge is 0.337 e. The van der Waals surface area contributed by atoms with Crippen LogP contribution in [0.1, 0.15) is 55.0 Å². The molecule has 1 aliphatic rings. The summed E-state index contributed by atoms with van der Waals surface area (Å²) in [6.45, 7) is 9.52. The molecule has 1 atom stereocenters. The molecule has 0 fully saturated rings. The molecule has 2 aromatic heterocycles. The molecule has 0 saturated carbocycles. The van der Waals surface area contributed by atoms with Crippen molar-refractivity contribution < 1.29 is 23.8 Å². The Hall–Kier alpha value is -2.22. The maximum Gasteiger partial charge on any atom is 0.337 e. The molecule has 0 aliphatic carbocycles. The Labute approximate surface area is 195 Å². The summed E-state index contributed by atoms with van der Waals surface area (Å²) in [4.78, 5) is 18.8. The van der Waals surface area contributed by atoms with E-state index in [1.165, 1.54) is 17.4 Å². The Balaban J connectivity index is 2.10. The van der Waals surface area contributed by atoms with Crippen LogP contribution in [-0.4, -0.2) is 28.3 Å². The molecule has 0 saturated heterocycles. The minimum Gasteiger partial charge on any atom is -0.490 e. The Morgan fingerprint density at radius 1 is 1.34 bits per heavy atom. The summed E-state index contributed by atoms with van der Waals surface area (Å²) in [5, 5.41) is 11.2. The number of nitrogens with zero attached hydrogens (tertiary/aromatic N) is 1. The highest BCUT2D eigenvalue weighted by Gasteiger charge is 2.34. The highest BCUT2D eigenvalue weighted by molar-refractivity contribution is 7.18. The van der Waals surface area contributed by atoms with Gasteiger partial charge in [-0.05, 0) is 59.6 Å². The van der Waals surface area contributed by atoms with Crippen molar-refractivity contribution in [2.75, 3.05) is 6.61 Å². The van der Waals surface area contributed by atoms with Crippen LogP contribution in [0.5, 0.6) is 5.75 Å². The zero-order valence-electron chi connectivity index (χ0n) is 18.6. The minimum atomic E-state index is -1.30. The average molecular weight is 478 g/mol. The van der Waals surface area contributed by atoms with Gasteiger partial charge in [0, 0.05) is 38.2 Å². The summed E-state index contributed by atoms with van der Waals surface area (Å²) in [7, 11) is 0. The van der Waals surface area contributed by atoms with Gasteiger partial charge in [0.2, 0.25) is 0 Å². The van der Waals surface area contributed by atoms with Crippen molar-refractivity contribution in [1.82, 2.24) is 4.98 Å². The van der Waals surface area contributed by atoms with Gasteiger partial charge in [-0.1, -0.05) is 11.6 Å². The Bertz CT molecular complexity index is 1230. The lowest BCUT2D eigenvalue weighted by Gasteiger charge is -2.28. The molecular weight excluding hydrogens is 453 g/mol. The molecule has 8 heteroatoms. The second-order valence-corrected chi connectivity index (χ2v) is 10.6. The first-order chi connectivity index (χ1) is 15.0. The third-order valence-corrected chi connectivity index (χ3v) is 6.72. The van der Waals surface area contributed by atoms with E-state index >= 15 is 4.39 Å². The first kappa shape index (κ1) is 23.0. The van der Waals surface area contributed by atoms with E-state index in [-0.39, 0.29) is 5.75 Å².